The first-order valence-corrected chi connectivity index (χ1v) is 15.5. The Kier molecular flexibility index (Phi) is 10.7. The molecule has 4 rings (SSSR count). The third-order valence-electron chi connectivity index (χ3n) is 8.63. The van der Waals surface area contributed by atoms with Crippen LogP contribution in [0.25, 0.3) is 0 Å². The standard InChI is InChI=1S/C34H50N4O3/c1-6-19-38(32(39)35-24-26-13-9-7-10-14-26)29-17-20-37(21-18-29)25-28-22-30(36(5)33(40)41-34(2,3)4)23-31(28)27-15-11-8-12-16-27/h7-16,28-31H,6,17-25H2,1-5H3,(H,35,39)/t28-,30?,31-/m1/s1. The summed E-state index contributed by atoms with van der Waals surface area (Å²) in [5.74, 6) is 0.869. The molecule has 41 heavy (non-hydrogen) atoms. The molecule has 2 aromatic carbocycles. The maximum atomic E-state index is 13.2. The van der Waals surface area contributed by atoms with Crippen LogP contribution in [-0.4, -0.2) is 77.7 Å². The van der Waals surface area contributed by atoms with Crippen molar-refractivity contribution in [3.8, 4) is 0 Å². The Morgan fingerprint density at radius 3 is 2.20 bits per heavy atom. The molecule has 1 N–H and O–H groups in total. The Morgan fingerprint density at radius 2 is 1.59 bits per heavy atom. The Labute approximate surface area is 247 Å². The van der Waals surface area contributed by atoms with Gasteiger partial charge < -0.3 is 24.8 Å². The van der Waals surface area contributed by atoms with Crippen LogP contribution in [0.3, 0.4) is 0 Å². The van der Waals surface area contributed by atoms with Crippen LogP contribution in [0.5, 0.6) is 0 Å². The molecule has 7 heteroatoms. The molecule has 0 spiro atoms. The summed E-state index contributed by atoms with van der Waals surface area (Å²) < 4.78 is 5.69. The molecule has 1 saturated heterocycles. The van der Waals surface area contributed by atoms with Crippen LogP contribution in [0.4, 0.5) is 9.59 Å². The van der Waals surface area contributed by atoms with Crippen molar-refractivity contribution >= 4 is 12.1 Å². The molecule has 0 aromatic heterocycles. The molecule has 2 fully saturated rings. The molecular formula is C34H50N4O3. The lowest BCUT2D eigenvalue weighted by Crippen LogP contribution is -2.51. The lowest BCUT2D eigenvalue weighted by atomic mass is 9.88. The summed E-state index contributed by atoms with van der Waals surface area (Å²) in [6.45, 7) is 12.2. The predicted molar refractivity (Wildman–Crippen MR) is 165 cm³/mol. The SMILES string of the molecule is CCCN(C(=O)NCc1ccccc1)C1CCN(C[C@H]2CC(N(C)C(=O)OC(C)(C)C)C[C@@H]2c2ccccc2)CC1. The Hall–Kier alpha value is -3.06. The monoisotopic (exact) mass is 562 g/mol. The van der Waals surface area contributed by atoms with Gasteiger partial charge in [0.15, 0.2) is 0 Å². The summed E-state index contributed by atoms with van der Waals surface area (Å²) in [7, 11) is 1.89. The number of amides is 3. The van der Waals surface area contributed by atoms with E-state index in [2.05, 4.69) is 52.4 Å². The number of hydrogen-bond donors (Lipinski definition) is 1. The van der Waals surface area contributed by atoms with Crippen LogP contribution in [0.15, 0.2) is 60.7 Å². The molecule has 1 aliphatic heterocycles. The summed E-state index contributed by atoms with van der Waals surface area (Å²) in [5, 5.41) is 3.14. The van der Waals surface area contributed by atoms with Crippen LogP contribution in [0, 0.1) is 5.92 Å². The highest BCUT2D eigenvalue weighted by molar-refractivity contribution is 5.74. The first kappa shape index (κ1) is 30.9. The average Bonchev–Trinajstić information content (AvgIpc) is 3.38. The van der Waals surface area contributed by atoms with Crippen molar-refractivity contribution in [2.45, 2.75) is 89.9 Å². The lowest BCUT2D eigenvalue weighted by molar-refractivity contribution is 0.0221. The molecule has 0 bridgehead atoms. The van der Waals surface area contributed by atoms with Gasteiger partial charge in [0, 0.05) is 51.9 Å². The van der Waals surface area contributed by atoms with Crippen molar-refractivity contribution < 1.29 is 14.3 Å². The van der Waals surface area contributed by atoms with Gasteiger partial charge in [0.2, 0.25) is 0 Å². The van der Waals surface area contributed by atoms with Crippen molar-refractivity contribution in [3.63, 3.8) is 0 Å². The van der Waals surface area contributed by atoms with Gasteiger partial charge in [-0.15, -0.1) is 0 Å². The molecule has 0 radical (unpaired) electrons. The van der Waals surface area contributed by atoms with Gasteiger partial charge in [0.05, 0.1) is 0 Å². The van der Waals surface area contributed by atoms with Gasteiger partial charge >= 0.3 is 12.1 Å². The van der Waals surface area contributed by atoms with Crippen molar-refractivity contribution in [2.75, 3.05) is 33.2 Å². The van der Waals surface area contributed by atoms with Crippen LogP contribution in [0.1, 0.15) is 76.8 Å². The Bertz CT molecular complexity index is 1100. The zero-order valence-electron chi connectivity index (χ0n) is 25.7. The third-order valence-corrected chi connectivity index (χ3v) is 8.63. The number of urea groups is 1. The number of carbonyl (C=O) groups is 2. The fraction of sp³-hybridized carbons (Fsp3) is 0.588. The molecule has 2 aromatic rings. The van der Waals surface area contributed by atoms with Crippen LogP contribution in [-0.2, 0) is 11.3 Å². The van der Waals surface area contributed by atoms with E-state index in [1.165, 1.54) is 5.56 Å². The number of hydrogen-bond acceptors (Lipinski definition) is 4. The molecule has 3 amide bonds. The number of rotatable bonds is 9. The highest BCUT2D eigenvalue weighted by atomic mass is 16.6. The minimum atomic E-state index is -0.503. The van der Waals surface area contributed by atoms with E-state index >= 15 is 0 Å². The number of piperidine rings is 1. The van der Waals surface area contributed by atoms with E-state index in [1.54, 1.807) is 0 Å². The quantitative estimate of drug-likeness (QED) is 0.379. The van der Waals surface area contributed by atoms with Gasteiger partial charge in [-0.2, -0.15) is 0 Å². The second-order valence-corrected chi connectivity index (χ2v) is 12.9. The molecule has 2 aliphatic rings. The fourth-order valence-electron chi connectivity index (χ4n) is 6.52. The Balaban J connectivity index is 1.35. The van der Waals surface area contributed by atoms with E-state index < -0.39 is 5.60 Å². The van der Waals surface area contributed by atoms with Crippen LogP contribution < -0.4 is 5.32 Å². The van der Waals surface area contributed by atoms with E-state index in [4.69, 9.17) is 4.74 Å². The number of carbonyl (C=O) groups excluding carboxylic acids is 2. The average molecular weight is 563 g/mol. The highest BCUT2D eigenvalue weighted by Crippen LogP contribution is 2.42. The zero-order valence-corrected chi connectivity index (χ0v) is 25.7. The second-order valence-electron chi connectivity index (χ2n) is 12.9. The fourth-order valence-corrected chi connectivity index (χ4v) is 6.52. The van der Waals surface area contributed by atoms with E-state index in [9.17, 15) is 9.59 Å². The summed E-state index contributed by atoms with van der Waals surface area (Å²) >= 11 is 0. The van der Waals surface area contributed by atoms with Gasteiger partial charge in [-0.05, 0) is 75.8 Å². The van der Waals surface area contributed by atoms with Crippen molar-refractivity contribution in [1.29, 1.82) is 0 Å². The van der Waals surface area contributed by atoms with E-state index in [0.29, 0.717) is 18.4 Å². The minimum Gasteiger partial charge on any atom is -0.444 e. The predicted octanol–water partition coefficient (Wildman–Crippen LogP) is 6.50. The molecule has 3 atom stereocenters. The number of nitrogens with zero attached hydrogens (tertiary/aromatic N) is 3. The molecule has 1 aliphatic carbocycles. The van der Waals surface area contributed by atoms with Gasteiger partial charge in [-0.1, -0.05) is 67.6 Å². The second kappa shape index (κ2) is 14.2. The number of benzene rings is 2. The molecule has 7 nitrogen and oxygen atoms in total. The van der Waals surface area contributed by atoms with E-state index in [-0.39, 0.29) is 24.2 Å². The Morgan fingerprint density at radius 1 is 0.951 bits per heavy atom. The first-order valence-electron chi connectivity index (χ1n) is 15.5. The van der Waals surface area contributed by atoms with E-state index in [0.717, 1.165) is 63.8 Å². The summed E-state index contributed by atoms with van der Waals surface area (Å²) in [6.07, 6.45) is 4.61. The normalized spacial score (nSPS) is 21.8. The smallest absolute Gasteiger partial charge is 0.410 e. The number of ether oxygens (including phenoxy) is 1. The lowest BCUT2D eigenvalue weighted by Gasteiger charge is -2.39. The minimum absolute atomic E-state index is 0.0436. The zero-order chi connectivity index (χ0) is 29.4. The van der Waals surface area contributed by atoms with Crippen LogP contribution >= 0.6 is 0 Å². The number of likely N-dealkylation sites (tertiary alicyclic amines) is 1. The van der Waals surface area contributed by atoms with Crippen molar-refractivity contribution in [1.82, 2.24) is 20.0 Å². The van der Waals surface area contributed by atoms with Crippen LogP contribution in [0.2, 0.25) is 0 Å². The number of nitrogens with one attached hydrogen (secondary N) is 1. The summed E-state index contributed by atoms with van der Waals surface area (Å²) in [5.41, 5.74) is 1.97. The maximum Gasteiger partial charge on any atom is 0.410 e. The van der Waals surface area contributed by atoms with E-state index in [1.807, 2.05) is 63.1 Å². The van der Waals surface area contributed by atoms with Crippen molar-refractivity contribution in [3.05, 3.63) is 71.8 Å². The largest absolute Gasteiger partial charge is 0.444 e. The summed E-state index contributed by atoms with van der Waals surface area (Å²) in [6, 6.07) is 21.3. The maximum absolute atomic E-state index is 13.2. The van der Waals surface area contributed by atoms with Gasteiger partial charge in [0.25, 0.3) is 0 Å². The molecule has 1 unspecified atom stereocenters. The molecule has 1 heterocycles. The topological polar surface area (TPSA) is 65.1 Å². The molecule has 224 valence electrons. The van der Waals surface area contributed by atoms with Crippen molar-refractivity contribution in [2.24, 2.45) is 5.92 Å². The third kappa shape index (κ3) is 8.71. The highest BCUT2D eigenvalue weighted by Gasteiger charge is 2.40. The molecule has 1 saturated carbocycles. The van der Waals surface area contributed by atoms with Gasteiger partial charge in [0.1, 0.15) is 5.60 Å². The summed E-state index contributed by atoms with van der Waals surface area (Å²) in [4.78, 5) is 32.5. The van der Waals surface area contributed by atoms with Gasteiger partial charge in [-0.3, -0.25) is 0 Å². The first-order chi connectivity index (χ1) is 19.6. The van der Waals surface area contributed by atoms with Gasteiger partial charge in [-0.25, -0.2) is 9.59 Å². The molecular weight excluding hydrogens is 512 g/mol.